The fourth-order valence-electron chi connectivity index (χ4n) is 3.46. The number of carbonyl (C=O) groups excluding carboxylic acids is 1. The van der Waals surface area contributed by atoms with Gasteiger partial charge >= 0.3 is 0 Å². The molecule has 7 nitrogen and oxygen atoms in total. The summed E-state index contributed by atoms with van der Waals surface area (Å²) in [5.41, 5.74) is 1.04. The Morgan fingerprint density at radius 3 is 2.46 bits per heavy atom. The number of rotatable bonds is 9. The first-order valence-corrected chi connectivity index (χ1v) is 11.6. The third kappa shape index (κ3) is 6.76. The smallest absolute Gasteiger partial charge is 0.253 e. The number of ether oxygens (including phenoxy) is 1. The lowest BCUT2D eigenvalue weighted by atomic mass is 9.96. The minimum Gasteiger partial charge on any atom is -0.385 e. The summed E-state index contributed by atoms with van der Waals surface area (Å²) in [4.78, 5) is 12.8. The molecule has 1 aliphatic rings. The van der Waals surface area contributed by atoms with Crippen LogP contribution in [-0.2, 0) is 14.8 Å². The number of amides is 1. The molecule has 0 unspecified atom stereocenters. The second-order valence-corrected chi connectivity index (χ2v) is 9.09. The summed E-state index contributed by atoms with van der Waals surface area (Å²) in [6.45, 7) is 1.03. The molecule has 1 aromatic rings. The Labute approximate surface area is 168 Å². The van der Waals surface area contributed by atoms with E-state index in [0.29, 0.717) is 36.9 Å². The van der Waals surface area contributed by atoms with Crippen LogP contribution in [0.4, 0.5) is 5.69 Å². The van der Waals surface area contributed by atoms with Gasteiger partial charge in [-0.15, -0.1) is 0 Å². The van der Waals surface area contributed by atoms with E-state index in [0.717, 1.165) is 12.8 Å². The van der Waals surface area contributed by atoms with E-state index in [2.05, 4.69) is 15.4 Å². The van der Waals surface area contributed by atoms with Gasteiger partial charge in [0.05, 0.1) is 10.5 Å². The summed E-state index contributed by atoms with van der Waals surface area (Å²) in [6, 6.07) is 4.99. The maximum Gasteiger partial charge on any atom is 0.253 e. The number of carbonyl (C=O) groups is 1. The molecule has 1 fully saturated rings. The van der Waals surface area contributed by atoms with E-state index in [1.807, 2.05) is 0 Å². The molecule has 0 aromatic heterocycles. The Balaban J connectivity index is 2.22. The molecule has 28 heavy (non-hydrogen) atoms. The van der Waals surface area contributed by atoms with Gasteiger partial charge in [0.15, 0.2) is 0 Å². The minimum absolute atomic E-state index is 0.0836. The van der Waals surface area contributed by atoms with Crippen LogP contribution in [-0.4, -0.2) is 47.7 Å². The molecule has 0 saturated heterocycles. The van der Waals surface area contributed by atoms with Crippen molar-refractivity contribution in [3.63, 3.8) is 0 Å². The van der Waals surface area contributed by atoms with Gasteiger partial charge in [-0.05, 0) is 44.5 Å². The third-order valence-electron chi connectivity index (χ3n) is 5.09. The van der Waals surface area contributed by atoms with Crippen LogP contribution in [0.3, 0.4) is 0 Å². The number of methoxy groups -OCH3 is 1. The summed E-state index contributed by atoms with van der Waals surface area (Å²) >= 11 is 0. The van der Waals surface area contributed by atoms with Gasteiger partial charge in [-0.25, -0.2) is 13.1 Å². The summed E-state index contributed by atoms with van der Waals surface area (Å²) in [7, 11) is -0.644. The number of nitrogens with one attached hydrogen (secondary N) is 3. The first-order valence-electron chi connectivity index (χ1n) is 10.1. The Morgan fingerprint density at radius 1 is 1.14 bits per heavy atom. The van der Waals surface area contributed by atoms with E-state index >= 15 is 0 Å². The highest BCUT2D eigenvalue weighted by Crippen LogP contribution is 2.25. The van der Waals surface area contributed by atoms with Crippen molar-refractivity contribution in [2.45, 2.75) is 62.3 Å². The number of benzene rings is 1. The highest BCUT2D eigenvalue weighted by atomic mass is 32.2. The standard InChI is InChI=1S/C20H33N3O4S/c1-21-28(25,26)17-11-12-19(23-16-9-6-4-3-5-7-10-16)18(15-17)20(24)22-13-8-14-27-2/h11-12,15-16,21,23H,3-10,13-14H2,1-2H3,(H,22,24). The molecule has 1 aromatic carbocycles. The van der Waals surface area contributed by atoms with Crippen molar-refractivity contribution in [2.24, 2.45) is 0 Å². The van der Waals surface area contributed by atoms with Crippen molar-refractivity contribution < 1.29 is 17.9 Å². The van der Waals surface area contributed by atoms with Gasteiger partial charge in [-0.1, -0.05) is 32.1 Å². The molecule has 1 aliphatic carbocycles. The average Bonchev–Trinajstić information content (AvgIpc) is 2.67. The Morgan fingerprint density at radius 2 is 1.82 bits per heavy atom. The second-order valence-electron chi connectivity index (χ2n) is 7.20. The van der Waals surface area contributed by atoms with Crippen LogP contribution in [0.15, 0.2) is 23.1 Å². The van der Waals surface area contributed by atoms with E-state index in [4.69, 9.17) is 4.74 Å². The lowest BCUT2D eigenvalue weighted by Gasteiger charge is -2.24. The van der Waals surface area contributed by atoms with Gasteiger partial charge < -0.3 is 15.4 Å². The summed E-state index contributed by atoms with van der Waals surface area (Å²) in [5, 5.41) is 6.35. The van der Waals surface area contributed by atoms with Gasteiger partial charge in [-0.3, -0.25) is 4.79 Å². The number of hydrogen-bond acceptors (Lipinski definition) is 5. The van der Waals surface area contributed by atoms with Gasteiger partial charge in [0.2, 0.25) is 10.0 Å². The van der Waals surface area contributed by atoms with Crippen LogP contribution in [0.2, 0.25) is 0 Å². The van der Waals surface area contributed by atoms with Crippen LogP contribution in [0.5, 0.6) is 0 Å². The predicted octanol–water partition coefficient (Wildman–Crippen LogP) is 2.89. The Kier molecular flexibility index (Phi) is 9.21. The molecule has 0 aliphatic heterocycles. The number of anilines is 1. The highest BCUT2D eigenvalue weighted by Gasteiger charge is 2.20. The first-order chi connectivity index (χ1) is 13.5. The van der Waals surface area contributed by atoms with Crippen molar-refractivity contribution in [1.29, 1.82) is 0 Å². The van der Waals surface area contributed by atoms with Crippen molar-refractivity contribution in [1.82, 2.24) is 10.0 Å². The van der Waals surface area contributed by atoms with Crippen molar-refractivity contribution in [2.75, 3.05) is 32.6 Å². The Bertz CT molecular complexity index is 729. The molecule has 0 bridgehead atoms. The average molecular weight is 412 g/mol. The maximum atomic E-state index is 12.8. The maximum absolute atomic E-state index is 12.8. The lowest BCUT2D eigenvalue weighted by molar-refractivity contribution is 0.0949. The fraction of sp³-hybridized carbons (Fsp3) is 0.650. The molecule has 0 atom stereocenters. The summed E-state index contributed by atoms with van der Waals surface area (Å²) in [5.74, 6) is -0.280. The minimum atomic E-state index is -3.62. The van der Waals surface area contributed by atoms with Gasteiger partial charge in [0.25, 0.3) is 5.91 Å². The molecule has 1 amide bonds. The van der Waals surface area contributed by atoms with E-state index in [9.17, 15) is 13.2 Å². The molecule has 158 valence electrons. The predicted molar refractivity (Wildman–Crippen MR) is 111 cm³/mol. The van der Waals surface area contributed by atoms with E-state index in [1.54, 1.807) is 19.2 Å². The topological polar surface area (TPSA) is 96.5 Å². The molecular formula is C20H33N3O4S. The molecule has 3 N–H and O–H groups in total. The van der Waals surface area contributed by atoms with E-state index in [-0.39, 0.29) is 10.8 Å². The zero-order valence-corrected chi connectivity index (χ0v) is 17.7. The third-order valence-corrected chi connectivity index (χ3v) is 6.50. The van der Waals surface area contributed by atoms with E-state index in [1.165, 1.54) is 45.2 Å². The molecule has 0 radical (unpaired) electrons. The van der Waals surface area contributed by atoms with Crippen molar-refractivity contribution >= 4 is 21.6 Å². The first kappa shape index (κ1) is 22.6. The van der Waals surface area contributed by atoms with E-state index < -0.39 is 10.0 Å². The summed E-state index contributed by atoms with van der Waals surface area (Å²) < 4.78 is 31.7. The largest absolute Gasteiger partial charge is 0.385 e. The number of sulfonamides is 1. The molecular weight excluding hydrogens is 378 g/mol. The van der Waals surface area contributed by atoms with Gasteiger partial charge in [-0.2, -0.15) is 0 Å². The molecule has 0 spiro atoms. The van der Waals surface area contributed by atoms with Crippen LogP contribution < -0.4 is 15.4 Å². The molecule has 1 saturated carbocycles. The Hall–Kier alpha value is -1.64. The second kappa shape index (κ2) is 11.4. The zero-order valence-electron chi connectivity index (χ0n) is 16.9. The molecule has 2 rings (SSSR count). The van der Waals surface area contributed by atoms with Crippen LogP contribution in [0, 0.1) is 0 Å². The van der Waals surface area contributed by atoms with Gasteiger partial charge in [0.1, 0.15) is 0 Å². The zero-order chi connectivity index (χ0) is 20.4. The molecule has 0 heterocycles. The SMILES string of the molecule is CNS(=O)(=O)c1ccc(NC2CCCCCCC2)c(C(=O)NCCCOC)c1. The normalized spacial score (nSPS) is 16.2. The lowest BCUT2D eigenvalue weighted by Crippen LogP contribution is -2.28. The van der Waals surface area contributed by atoms with Crippen molar-refractivity contribution in [3.8, 4) is 0 Å². The fourth-order valence-corrected chi connectivity index (χ4v) is 4.21. The van der Waals surface area contributed by atoms with Crippen LogP contribution in [0.1, 0.15) is 61.7 Å². The van der Waals surface area contributed by atoms with Crippen molar-refractivity contribution in [3.05, 3.63) is 23.8 Å². The summed E-state index contributed by atoms with van der Waals surface area (Å²) in [6.07, 6.45) is 8.93. The number of hydrogen-bond donors (Lipinski definition) is 3. The highest BCUT2D eigenvalue weighted by molar-refractivity contribution is 7.89. The quantitative estimate of drug-likeness (QED) is 0.543. The van der Waals surface area contributed by atoms with Crippen LogP contribution in [0.25, 0.3) is 0 Å². The van der Waals surface area contributed by atoms with Gasteiger partial charge in [0, 0.05) is 32.0 Å². The van der Waals surface area contributed by atoms with Crippen LogP contribution >= 0.6 is 0 Å². The monoisotopic (exact) mass is 411 g/mol. The molecule has 8 heteroatoms.